The van der Waals surface area contributed by atoms with Crippen LogP contribution in [0.3, 0.4) is 0 Å². The van der Waals surface area contributed by atoms with Gasteiger partial charge in [-0.1, -0.05) is 18.2 Å². The molecule has 0 aliphatic heterocycles. The SMILES string of the molecule is CCn1c(O)c(N=NC(=O)Cc2csc(-c3ccc(F)cc3)n2)c2ccccc21. The first kappa shape index (κ1) is 18.9. The summed E-state index contributed by atoms with van der Waals surface area (Å²) in [6.45, 7) is 2.49. The topological polar surface area (TPSA) is 79.8 Å². The number of nitrogens with zero attached hydrogens (tertiary/aromatic N) is 4. The smallest absolute Gasteiger partial charge is 0.270 e. The molecule has 0 saturated carbocycles. The van der Waals surface area contributed by atoms with Crippen molar-refractivity contribution in [2.45, 2.75) is 19.9 Å². The number of carbonyl (C=O) groups excluding carboxylic acids is 1. The number of amides is 1. The molecule has 0 aliphatic carbocycles. The highest BCUT2D eigenvalue weighted by Crippen LogP contribution is 2.38. The van der Waals surface area contributed by atoms with Gasteiger partial charge in [-0.15, -0.1) is 21.6 Å². The molecule has 2 aromatic heterocycles. The van der Waals surface area contributed by atoms with Gasteiger partial charge in [0.25, 0.3) is 5.91 Å². The average Bonchev–Trinajstić information content (AvgIpc) is 3.29. The summed E-state index contributed by atoms with van der Waals surface area (Å²) in [5.74, 6) is -0.792. The summed E-state index contributed by atoms with van der Waals surface area (Å²) in [5, 5.41) is 21.4. The van der Waals surface area contributed by atoms with Crippen LogP contribution in [-0.2, 0) is 17.8 Å². The number of aromatic hydroxyl groups is 1. The molecular weight excluding hydrogens is 391 g/mol. The van der Waals surface area contributed by atoms with Crippen molar-refractivity contribution in [2.24, 2.45) is 10.2 Å². The Hall–Kier alpha value is -3.39. The van der Waals surface area contributed by atoms with Gasteiger partial charge in [-0.25, -0.2) is 9.37 Å². The normalized spacial score (nSPS) is 11.5. The molecule has 0 aliphatic rings. The van der Waals surface area contributed by atoms with Crippen LogP contribution in [0.15, 0.2) is 64.1 Å². The molecule has 8 heteroatoms. The van der Waals surface area contributed by atoms with Crippen molar-refractivity contribution in [3.8, 4) is 16.5 Å². The lowest BCUT2D eigenvalue weighted by Crippen LogP contribution is -1.98. The molecule has 4 rings (SSSR count). The Morgan fingerprint density at radius 3 is 2.72 bits per heavy atom. The van der Waals surface area contributed by atoms with Crippen molar-refractivity contribution in [1.82, 2.24) is 9.55 Å². The molecule has 146 valence electrons. The Morgan fingerprint density at radius 2 is 1.97 bits per heavy atom. The fourth-order valence-electron chi connectivity index (χ4n) is 3.10. The highest BCUT2D eigenvalue weighted by atomic mass is 32.1. The minimum atomic E-state index is -0.464. The van der Waals surface area contributed by atoms with Crippen molar-refractivity contribution in [1.29, 1.82) is 0 Å². The van der Waals surface area contributed by atoms with E-state index in [0.29, 0.717) is 17.2 Å². The van der Waals surface area contributed by atoms with Crippen molar-refractivity contribution in [3.05, 3.63) is 65.4 Å². The minimum Gasteiger partial charge on any atom is -0.493 e. The lowest BCUT2D eigenvalue weighted by atomic mass is 10.2. The van der Waals surface area contributed by atoms with Gasteiger partial charge in [0.2, 0.25) is 5.88 Å². The lowest BCUT2D eigenvalue weighted by Gasteiger charge is -2.00. The molecule has 0 unspecified atom stereocenters. The molecule has 0 atom stereocenters. The Labute approximate surface area is 170 Å². The summed E-state index contributed by atoms with van der Waals surface area (Å²) in [6.07, 6.45) is -0.00558. The molecule has 1 amide bonds. The number of hydrogen-bond acceptors (Lipinski definition) is 5. The number of thiazole rings is 1. The Kier molecular flexibility index (Phi) is 5.18. The number of rotatable bonds is 5. The molecule has 0 spiro atoms. The van der Waals surface area contributed by atoms with Crippen LogP contribution >= 0.6 is 11.3 Å². The molecule has 4 aromatic rings. The Bertz CT molecular complexity index is 1210. The van der Waals surface area contributed by atoms with Gasteiger partial charge in [0.15, 0.2) is 5.69 Å². The van der Waals surface area contributed by atoms with Gasteiger partial charge in [0.05, 0.1) is 17.6 Å². The minimum absolute atomic E-state index is 0.00558. The number of aromatic nitrogens is 2. The second-order valence-corrected chi connectivity index (χ2v) is 7.21. The van der Waals surface area contributed by atoms with E-state index in [0.717, 1.165) is 16.5 Å². The number of para-hydroxylation sites is 1. The summed E-state index contributed by atoms with van der Waals surface area (Å²) < 4.78 is 14.8. The molecular formula is C21H17FN4O2S. The van der Waals surface area contributed by atoms with Gasteiger partial charge in [-0.2, -0.15) is 0 Å². The van der Waals surface area contributed by atoms with Gasteiger partial charge in [-0.05, 0) is 37.3 Å². The molecule has 1 N–H and O–H groups in total. The van der Waals surface area contributed by atoms with Crippen molar-refractivity contribution < 1.29 is 14.3 Å². The number of azo groups is 1. The number of carbonyl (C=O) groups is 1. The van der Waals surface area contributed by atoms with Gasteiger partial charge < -0.3 is 9.67 Å². The van der Waals surface area contributed by atoms with Crippen LogP contribution in [0.25, 0.3) is 21.5 Å². The van der Waals surface area contributed by atoms with E-state index in [2.05, 4.69) is 15.2 Å². The maximum Gasteiger partial charge on any atom is 0.270 e. The maximum absolute atomic E-state index is 13.1. The van der Waals surface area contributed by atoms with Gasteiger partial charge >= 0.3 is 0 Å². The first-order chi connectivity index (χ1) is 14.1. The molecule has 2 aromatic carbocycles. The standard InChI is InChI=1S/C21H17FN4O2S/c1-2-26-17-6-4-3-5-16(17)19(21(26)28)25-24-18(27)11-15-12-29-20(23-15)13-7-9-14(22)10-8-13/h3-10,12,28H,2,11H2,1H3. The number of halogens is 1. The molecule has 0 bridgehead atoms. The third-order valence-electron chi connectivity index (χ3n) is 4.47. The number of aryl methyl sites for hydroxylation is 1. The molecule has 6 nitrogen and oxygen atoms in total. The third-order valence-corrected chi connectivity index (χ3v) is 5.41. The van der Waals surface area contributed by atoms with Gasteiger partial charge in [0.1, 0.15) is 10.8 Å². The maximum atomic E-state index is 13.1. The number of benzene rings is 2. The van der Waals surface area contributed by atoms with E-state index >= 15 is 0 Å². The second kappa shape index (κ2) is 7.92. The highest BCUT2D eigenvalue weighted by molar-refractivity contribution is 7.13. The molecule has 2 heterocycles. The van der Waals surface area contributed by atoms with Crippen molar-refractivity contribution in [2.75, 3.05) is 0 Å². The van der Waals surface area contributed by atoms with Crippen LogP contribution in [-0.4, -0.2) is 20.6 Å². The van der Waals surface area contributed by atoms with E-state index < -0.39 is 5.91 Å². The summed E-state index contributed by atoms with van der Waals surface area (Å²) in [5.41, 5.74) is 2.46. The zero-order valence-electron chi connectivity index (χ0n) is 15.5. The van der Waals surface area contributed by atoms with E-state index in [-0.39, 0.29) is 23.8 Å². The van der Waals surface area contributed by atoms with E-state index in [9.17, 15) is 14.3 Å². The van der Waals surface area contributed by atoms with E-state index in [1.807, 2.05) is 31.2 Å². The average molecular weight is 408 g/mol. The zero-order valence-corrected chi connectivity index (χ0v) is 16.4. The van der Waals surface area contributed by atoms with Gasteiger partial charge in [-0.3, -0.25) is 4.79 Å². The summed E-state index contributed by atoms with van der Waals surface area (Å²) in [7, 11) is 0. The first-order valence-corrected chi connectivity index (χ1v) is 9.90. The zero-order chi connectivity index (χ0) is 20.4. The molecule has 0 fully saturated rings. The Balaban J connectivity index is 1.52. The van der Waals surface area contributed by atoms with Crippen LogP contribution < -0.4 is 0 Å². The highest BCUT2D eigenvalue weighted by Gasteiger charge is 2.16. The fourth-order valence-corrected chi connectivity index (χ4v) is 3.93. The van der Waals surface area contributed by atoms with Crippen LogP contribution in [0.5, 0.6) is 5.88 Å². The molecule has 0 saturated heterocycles. The van der Waals surface area contributed by atoms with Crippen LogP contribution in [0.1, 0.15) is 12.6 Å². The second-order valence-electron chi connectivity index (χ2n) is 6.36. The molecule has 29 heavy (non-hydrogen) atoms. The predicted octanol–water partition coefficient (Wildman–Crippen LogP) is 5.48. The predicted molar refractivity (Wildman–Crippen MR) is 110 cm³/mol. The fraction of sp³-hybridized carbons (Fsp3) is 0.143. The van der Waals surface area contributed by atoms with E-state index in [1.54, 1.807) is 22.1 Å². The third kappa shape index (κ3) is 3.79. The summed E-state index contributed by atoms with van der Waals surface area (Å²) in [6, 6.07) is 13.5. The Morgan fingerprint density at radius 1 is 1.21 bits per heavy atom. The number of hydrogen-bond donors (Lipinski definition) is 1. The largest absolute Gasteiger partial charge is 0.493 e. The van der Waals surface area contributed by atoms with Gasteiger partial charge in [0, 0.05) is 22.9 Å². The van der Waals surface area contributed by atoms with Crippen LogP contribution in [0.2, 0.25) is 0 Å². The quantitative estimate of drug-likeness (QED) is 0.444. The van der Waals surface area contributed by atoms with Crippen molar-refractivity contribution in [3.63, 3.8) is 0 Å². The van der Waals surface area contributed by atoms with E-state index in [1.165, 1.54) is 23.5 Å². The van der Waals surface area contributed by atoms with E-state index in [4.69, 9.17) is 0 Å². The van der Waals surface area contributed by atoms with Crippen LogP contribution in [0.4, 0.5) is 10.1 Å². The number of fused-ring (bicyclic) bond motifs is 1. The van der Waals surface area contributed by atoms with Crippen molar-refractivity contribution >= 4 is 33.8 Å². The summed E-state index contributed by atoms with van der Waals surface area (Å²) >= 11 is 1.37. The molecule has 0 radical (unpaired) electrons. The summed E-state index contributed by atoms with van der Waals surface area (Å²) in [4.78, 5) is 16.7. The first-order valence-electron chi connectivity index (χ1n) is 9.02. The monoisotopic (exact) mass is 408 g/mol. The van der Waals surface area contributed by atoms with Crippen LogP contribution in [0, 0.1) is 5.82 Å². The lowest BCUT2D eigenvalue weighted by molar-refractivity contribution is -0.117.